The van der Waals surface area contributed by atoms with Crippen LogP contribution in [-0.2, 0) is 0 Å². The van der Waals surface area contributed by atoms with Gasteiger partial charge in [-0.25, -0.2) is 4.39 Å². The van der Waals surface area contributed by atoms with Crippen LogP contribution in [0.1, 0.15) is 0 Å². The smallest absolute Gasteiger partial charge is 0.182 e. The van der Waals surface area contributed by atoms with Gasteiger partial charge in [-0.15, -0.1) is 0 Å². The highest BCUT2D eigenvalue weighted by atomic mass is 127. The second-order valence-electron chi connectivity index (χ2n) is 4.00. The first-order valence-corrected chi connectivity index (χ1v) is 7.29. The predicted molar refractivity (Wildman–Crippen MR) is 86.1 cm³/mol. The van der Waals surface area contributed by atoms with E-state index in [0.717, 1.165) is 14.6 Å². The number of nitrogens with one attached hydrogen (secondary N) is 1. The van der Waals surface area contributed by atoms with Crippen LogP contribution in [0.15, 0.2) is 36.4 Å². The minimum absolute atomic E-state index is 0.0826. The fraction of sp³-hybridized carbons (Fsp3) is 0. The number of benzene rings is 2. The summed E-state index contributed by atoms with van der Waals surface area (Å²) in [6.45, 7) is 0. The molecule has 0 aliphatic heterocycles. The quantitative estimate of drug-likeness (QED) is 0.443. The van der Waals surface area contributed by atoms with Gasteiger partial charge in [0, 0.05) is 3.57 Å². The topological polar surface area (TPSA) is 20.7 Å². The van der Waals surface area contributed by atoms with E-state index in [1.807, 2.05) is 18.2 Å². The Hall–Kier alpha value is -0.920. The van der Waals surface area contributed by atoms with E-state index in [0.29, 0.717) is 10.5 Å². The lowest BCUT2D eigenvalue weighted by molar-refractivity contribution is 0.619. The molecule has 3 aromatic rings. The third-order valence-electron chi connectivity index (χ3n) is 2.82. The molecule has 1 N–H and O–H groups in total. The third-order valence-corrected chi connectivity index (χ3v) is 4.06. The summed E-state index contributed by atoms with van der Waals surface area (Å²) in [6, 6.07) is 10.7. The molecule has 0 saturated heterocycles. The molecular formula is C13H7ClFIN2S. The van der Waals surface area contributed by atoms with Crippen LogP contribution in [0.25, 0.3) is 16.7 Å². The summed E-state index contributed by atoms with van der Waals surface area (Å²) in [7, 11) is 0. The van der Waals surface area contributed by atoms with Gasteiger partial charge in [-0.3, -0.25) is 4.57 Å². The molecule has 6 heteroatoms. The van der Waals surface area contributed by atoms with Gasteiger partial charge in [-0.2, -0.15) is 0 Å². The number of aromatic amines is 1. The van der Waals surface area contributed by atoms with Crippen molar-refractivity contribution in [2.45, 2.75) is 0 Å². The summed E-state index contributed by atoms with van der Waals surface area (Å²) in [6.07, 6.45) is 0. The van der Waals surface area contributed by atoms with Crippen molar-refractivity contribution in [3.05, 3.63) is 55.6 Å². The van der Waals surface area contributed by atoms with E-state index in [-0.39, 0.29) is 5.02 Å². The summed E-state index contributed by atoms with van der Waals surface area (Å²) in [5, 5.41) is 0.0826. The largest absolute Gasteiger partial charge is 0.330 e. The molecule has 19 heavy (non-hydrogen) atoms. The molecule has 0 fully saturated rings. The van der Waals surface area contributed by atoms with Crippen LogP contribution in [-0.4, -0.2) is 9.55 Å². The molecule has 1 aromatic heterocycles. The van der Waals surface area contributed by atoms with Crippen LogP contribution >= 0.6 is 46.4 Å². The van der Waals surface area contributed by atoms with Crippen LogP contribution in [0.2, 0.25) is 5.02 Å². The Labute approximate surface area is 132 Å². The summed E-state index contributed by atoms with van der Waals surface area (Å²) < 4.78 is 17.3. The number of imidazole rings is 1. The summed E-state index contributed by atoms with van der Waals surface area (Å²) >= 11 is 13.3. The maximum atomic E-state index is 14.1. The van der Waals surface area contributed by atoms with Gasteiger partial charge in [0.2, 0.25) is 0 Å². The number of fused-ring (bicyclic) bond motifs is 1. The van der Waals surface area contributed by atoms with Crippen molar-refractivity contribution < 1.29 is 4.39 Å². The Bertz CT molecular complexity index is 840. The lowest BCUT2D eigenvalue weighted by Gasteiger charge is -2.07. The van der Waals surface area contributed by atoms with E-state index in [1.54, 1.807) is 16.7 Å². The summed E-state index contributed by atoms with van der Waals surface area (Å²) in [5.74, 6) is -0.472. The number of nitrogens with zero attached hydrogens (tertiary/aromatic N) is 1. The Morgan fingerprint density at radius 2 is 2.05 bits per heavy atom. The average molecular weight is 405 g/mol. The number of hydrogen-bond donors (Lipinski definition) is 1. The monoisotopic (exact) mass is 404 g/mol. The molecule has 0 aliphatic rings. The zero-order valence-electron chi connectivity index (χ0n) is 9.45. The van der Waals surface area contributed by atoms with Gasteiger partial charge < -0.3 is 4.98 Å². The second-order valence-corrected chi connectivity index (χ2v) is 6.04. The molecule has 0 amide bonds. The van der Waals surface area contributed by atoms with Gasteiger partial charge in [0.15, 0.2) is 10.6 Å². The lowest BCUT2D eigenvalue weighted by atomic mass is 10.2. The zero-order chi connectivity index (χ0) is 13.6. The fourth-order valence-corrected chi connectivity index (χ4v) is 2.96. The molecule has 1 heterocycles. The Morgan fingerprint density at radius 1 is 1.26 bits per heavy atom. The van der Waals surface area contributed by atoms with Crippen molar-refractivity contribution in [1.29, 1.82) is 0 Å². The van der Waals surface area contributed by atoms with E-state index in [4.69, 9.17) is 23.8 Å². The minimum Gasteiger partial charge on any atom is -0.330 e. The van der Waals surface area contributed by atoms with Crippen molar-refractivity contribution in [3.8, 4) is 5.69 Å². The number of hydrogen-bond acceptors (Lipinski definition) is 1. The average Bonchev–Trinajstić information content (AvgIpc) is 2.68. The number of aromatic nitrogens is 2. The fourth-order valence-electron chi connectivity index (χ4n) is 1.99. The van der Waals surface area contributed by atoms with Crippen molar-refractivity contribution in [1.82, 2.24) is 9.55 Å². The van der Waals surface area contributed by atoms with Gasteiger partial charge in [0.25, 0.3) is 0 Å². The van der Waals surface area contributed by atoms with E-state index in [2.05, 4.69) is 27.6 Å². The molecule has 96 valence electrons. The van der Waals surface area contributed by atoms with Crippen molar-refractivity contribution >= 4 is 57.4 Å². The van der Waals surface area contributed by atoms with Crippen molar-refractivity contribution in [3.63, 3.8) is 0 Å². The first-order valence-electron chi connectivity index (χ1n) is 5.42. The molecule has 0 atom stereocenters. The van der Waals surface area contributed by atoms with Crippen molar-refractivity contribution in [2.24, 2.45) is 0 Å². The van der Waals surface area contributed by atoms with Gasteiger partial charge >= 0.3 is 0 Å². The highest BCUT2D eigenvalue weighted by molar-refractivity contribution is 14.1. The van der Waals surface area contributed by atoms with Crippen LogP contribution in [0.5, 0.6) is 0 Å². The van der Waals surface area contributed by atoms with Gasteiger partial charge in [-0.1, -0.05) is 17.7 Å². The lowest BCUT2D eigenvalue weighted by Crippen LogP contribution is -1.98. The van der Waals surface area contributed by atoms with Crippen molar-refractivity contribution in [2.75, 3.05) is 0 Å². The minimum atomic E-state index is -0.472. The van der Waals surface area contributed by atoms with E-state index >= 15 is 0 Å². The van der Waals surface area contributed by atoms with Gasteiger partial charge in [0.1, 0.15) is 0 Å². The molecule has 0 radical (unpaired) electrons. The van der Waals surface area contributed by atoms with Crippen LogP contribution < -0.4 is 0 Å². The molecule has 2 aromatic carbocycles. The maximum absolute atomic E-state index is 14.1. The first kappa shape index (κ1) is 13.1. The second kappa shape index (κ2) is 4.88. The standard InChI is InChI=1S/C13H7ClFIN2S/c14-8-2-1-3-11(12(8)15)18-10-5-4-7(16)6-9(10)17-13(18)19/h1-6H,(H,17,19). The number of halogens is 3. The maximum Gasteiger partial charge on any atom is 0.182 e. The molecule has 0 spiro atoms. The Balaban J connectivity index is 2.40. The van der Waals surface area contributed by atoms with Crippen LogP contribution in [0.3, 0.4) is 0 Å². The highest BCUT2D eigenvalue weighted by Gasteiger charge is 2.12. The zero-order valence-corrected chi connectivity index (χ0v) is 13.2. The molecule has 0 aliphatic carbocycles. The van der Waals surface area contributed by atoms with Crippen LogP contribution in [0.4, 0.5) is 4.39 Å². The van der Waals surface area contributed by atoms with E-state index in [1.165, 1.54) is 6.07 Å². The molecule has 0 unspecified atom stereocenters. The highest BCUT2D eigenvalue weighted by Crippen LogP contribution is 2.26. The summed E-state index contributed by atoms with van der Waals surface area (Å²) in [4.78, 5) is 3.08. The molecule has 3 rings (SSSR count). The SMILES string of the molecule is Fc1c(Cl)cccc1-n1c(=S)[nH]c2cc(I)ccc21. The Kier molecular flexibility index (Phi) is 3.36. The normalized spacial score (nSPS) is 11.1. The predicted octanol–water partition coefficient (Wildman–Crippen LogP) is 5.09. The third kappa shape index (κ3) is 2.19. The molecule has 2 nitrogen and oxygen atoms in total. The summed E-state index contributed by atoms with van der Waals surface area (Å²) in [5.41, 5.74) is 2.05. The molecule has 0 bridgehead atoms. The van der Waals surface area contributed by atoms with E-state index < -0.39 is 5.82 Å². The number of H-pyrrole nitrogens is 1. The van der Waals surface area contributed by atoms with Gasteiger partial charge in [0.05, 0.1) is 21.7 Å². The molecular weight excluding hydrogens is 398 g/mol. The van der Waals surface area contributed by atoms with Crippen LogP contribution in [0, 0.1) is 14.2 Å². The first-order chi connectivity index (χ1) is 9.08. The Morgan fingerprint density at radius 3 is 2.84 bits per heavy atom. The van der Waals surface area contributed by atoms with E-state index in [9.17, 15) is 4.39 Å². The number of rotatable bonds is 1. The van der Waals surface area contributed by atoms with Gasteiger partial charge in [-0.05, 0) is 65.1 Å². The molecule has 0 saturated carbocycles.